The van der Waals surface area contributed by atoms with Crippen LogP contribution in [0.2, 0.25) is 0 Å². The molecule has 0 aliphatic rings. The summed E-state index contributed by atoms with van der Waals surface area (Å²) in [5, 5.41) is 0. The third-order valence-electron chi connectivity index (χ3n) is 2.34. The van der Waals surface area contributed by atoms with Crippen LogP contribution in [0.15, 0.2) is 48.5 Å². The second-order valence-electron chi connectivity index (χ2n) is 3.67. The molecule has 1 amide bonds. The van der Waals surface area contributed by atoms with Crippen LogP contribution in [0.25, 0.3) is 0 Å². The first-order valence-electron chi connectivity index (χ1n) is 5.33. The molecule has 0 bridgehead atoms. The topological polar surface area (TPSA) is 90.4 Å². The Kier molecular flexibility index (Phi) is 3.45. The minimum Gasteiger partial charge on any atom is -0.457 e. The predicted molar refractivity (Wildman–Crippen MR) is 69.0 cm³/mol. The second kappa shape index (κ2) is 5.20. The molecule has 92 valence electrons. The van der Waals surface area contributed by atoms with Crippen LogP contribution in [0.5, 0.6) is 11.5 Å². The molecule has 0 heterocycles. The lowest BCUT2D eigenvalue weighted by Crippen LogP contribution is -2.29. The van der Waals surface area contributed by atoms with E-state index in [1.807, 2.05) is 0 Å². The second-order valence-corrected chi connectivity index (χ2v) is 3.67. The summed E-state index contributed by atoms with van der Waals surface area (Å²) in [5.74, 6) is 5.91. The maximum Gasteiger partial charge on any atom is 0.265 e. The van der Waals surface area contributed by atoms with Crippen molar-refractivity contribution >= 4 is 11.6 Å². The molecule has 0 radical (unpaired) electrons. The van der Waals surface area contributed by atoms with Gasteiger partial charge in [0.2, 0.25) is 0 Å². The monoisotopic (exact) mass is 243 g/mol. The normalized spacial score (nSPS) is 9.83. The van der Waals surface area contributed by atoms with Gasteiger partial charge < -0.3 is 10.5 Å². The fourth-order valence-corrected chi connectivity index (χ4v) is 1.46. The van der Waals surface area contributed by atoms with Crippen LogP contribution in [-0.4, -0.2) is 5.91 Å². The van der Waals surface area contributed by atoms with Crippen molar-refractivity contribution in [1.29, 1.82) is 0 Å². The Morgan fingerprint density at radius 3 is 2.44 bits per heavy atom. The largest absolute Gasteiger partial charge is 0.457 e. The van der Waals surface area contributed by atoms with Gasteiger partial charge in [-0.05, 0) is 42.5 Å². The van der Waals surface area contributed by atoms with E-state index in [1.165, 1.54) is 0 Å². The number of hydrogen-bond acceptors (Lipinski definition) is 4. The van der Waals surface area contributed by atoms with E-state index in [4.69, 9.17) is 16.3 Å². The summed E-state index contributed by atoms with van der Waals surface area (Å²) in [7, 11) is 0. The van der Waals surface area contributed by atoms with Crippen molar-refractivity contribution in [2.45, 2.75) is 0 Å². The maximum atomic E-state index is 11.4. The van der Waals surface area contributed by atoms with Gasteiger partial charge in [-0.3, -0.25) is 10.2 Å². The molecule has 18 heavy (non-hydrogen) atoms. The molecule has 5 heteroatoms. The van der Waals surface area contributed by atoms with Crippen molar-refractivity contribution < 1.29 is 9.53 Å². The number of hydrazine groups is 1. The number of ether oxygens (including phenoxy) is 1. The molecule has 0 aromatic heterocycles. The van der Waals surface area contributed by atoms with Gasteiger partial charge in [-0.2, -0.15) is 0 Å². The summed E-state index contributed by atoms with van der Waals surface area (Å²) in [6, 6.07) is 13.7. The highest BCUT2D eigenvalue weighted by Gasteiger charge is 2.05. The van der Waals surface area contributed by atoms with E-state index in [0.29, 0.717) is 22.7 Å². The fraction of sp³-hybridized carbons (Fsp3) is 0. The van der Waals surface area contributed by atoms with Crippen LogP contribution in [0.1, 0.15) is 10.4 Å². The van der Waals surface area contributed by atoms with Gasteiger partial charge in [-0.15, -0.1) is 0 Å². The first-order valence-corrected chi connectivity index (χ1v) is 5.33. The van der Waals surface area contributed by atoms with Gasteiger partial charge in [0.1, 0.15) is 11.5 Å². The number of hydrogen-bond donors (Lipinski definition) is 3. The third kappa shape index (κ3) is 2.78. The average Bonchev–Trinajstić information content (AvgIpc) is 2.41. The number of amides is 1. The molecule has 2 aromatic carbocycles. The van der Waals surface area contributed by atoms with E-state index in [2.05, 4.69) is 5.43 Å². The first kappa shape index (κ1) is 11.9. The number of anilines is 1. The van der Waals surface area contributed by atoms with Crippen LogP contribution in [-0.2, 0) is 0 Å². The molecule has 0 atom stereocenters. The van der Waals surface area contributed by atoms with Crippen LogP contribution >= 0.6 is 0 Å². The summed E-state index contributed by atoms with van der Waals surface area (Å²) in [5.41, 5.74) is 8.75. The zero-order valence-corrected chi connectivity index (χ0v) is 9.59. The van der Waals surface area contributed by atoms with Gasteiger partial charge in [-0.1, -0.05) is 6.07 Å². The molecule has 0 spiro atoms. The number of carbonyl (C=O) groups is 1. The highest BCUT2D eigenvalue weighted by atomic mass is 16.5. The average molecular weight is 243 g/mol. The molecule has 5 N–H and O–H groups in total. The molecule has 0 unspecified atom stereocenters. The number of nitrogens with two attached hydrogens (primary N) is 2. The van der Waals surface area contributed by atoms with Gasteiger partial charge in [-0.25, -0.2) is 5.84 Å². The van der Waals surface area contributed by atoms with E-state index in [0.717, 1.165) is 0 Å². The summed E-state index contributed by atoms with van der Waals surface area (Å²) in [6.45, 7) is 0. The Bertz CT molecular complexity index is 552. The molecule has 5 nitrogen and oxygen atoms in total. The van der Waals surface area contributed by atoms with Crippen LogP contribution in [0, 0.1) is 0 Å². The van der Waals surface area contributed by atoms with Crippen LogP contribution in [0.4, 0.5) is 5.69 Å². The third-order valence-corrected chi connectivity index (χ3v) is 2.34. The number of nitrogens with one attached hydrogen (secondary N) is 1. The van der Waals surface area contributed by atoms with E-state index >= 15 is 0 Å². The van der Waals surface area contributed by atoms with Crippen LogP contribution < -0.4 is 21.7 Å². The van der Waals surface area contributed by atoms with Crippen LogP contribution in [0.3, 0.4) is 0 Å². The minimum absolute atomic E-state index is 0.363. The number of benzene rings is 2. The number of rotatable bonds is 3. The van der Waals surface area contributed by atoms with Crippen molar-refractivity contribution in [3.8, 4) is 11.5 Å². The number of nitrogen functional groups attached to an aromatic ring is 2. The van der Waals surface area contributed by atoms with Crippen molar-refractivity contribution in [2.75, 3.05) is 5.73 Å². The first-order chi connectivity index (χ1) is 8.69. The standard InChI is InChI=1S/C13H13N3O2/c14-10-4-6-11(7-5-10)18-12-3-1-2-9(8-12)13(17)16-15/h1-8H,14-15H2,(H,16,17). The summed E-state index contributed by atoms with van der Waals surface area (Å²) < 4.78 is 5.59. The van der Waals surface area contributed by atoms with Crippen molar-refractivity contribution in [3.63, 3.8) is 0 Å². The summed E-state index contributed by atoms with van der Waals surface area (Å²) in [4.78, 5) is 11.4. The highest BCUT2D eigenvalue weighted by Crippen LogP contribution is 2.22. The summed E-state index contributed by atoms with van der Waals surface area (Å²) >= 11 is 0. The van der Waals surface area contributed by atoms with E-state index in [9.17, 15) is 4.79 Å². The SMILES string of the molecule is NNC(=O)c1cccc(Oc2ccc(N)cc2)c1. The minimum atomic E-state index is -0.363. The van der Waals surface area contributed by atoms with Crippen molar-refractivity contribution in [2.24, 2.45) is 5.84 Å². The zero-order chi connectivity index (χ0) is 13.0. The van der Waals surface area contributed by atoms with Crippen molar-refractivity contribution in [3.05, 3.63) is 54.1 Å². The maximum absolute atomic E-state index is 11.4. The Balaban J connectivity index is 2.19. The molecule has 0 aliphatic heterocycles. The van der Waals surface area contributed by atoms with Gasteiger partial charge in [0.25, 0.3) is 5.91 Å². The van der Waals surface area contributed by atoms with Gasteiger partial charge in [0, 0.05) is 11.3 Å². The molecule has 0 fully saturated rings. The molecule has 0 aliphatic carbocycles. The van der Waals surface area contributed by atoms with Gasteiger partial charge >= 0.3 is 0 Å². The molecular weight excluding hydrogens is 230 g/mol. The fourth-order valence-electron chi connectivity index (χ4n) is 1.46. The van der Waals surface area contributed by atoms with Gasteiger partial charge in [0.05, 0.1) is 0 Å². The quantitative estimate of drug-likeness (QED) is 0.331. The lowest BCUT2D eigenvalue weighted by atomic mass is 10.2. The smallest absolute Gasteiger partial charge is 0.265 e. The van der Waals surface area contributed by atoms with E-state index in [1.54, 1.807) is 48.5 Å². The predicted octanol–water partition coefficient (Wildman–Crippen LogP) is 1.66. The van der Waals surface area contributed by atoms with E-state index in [-0.39, 0.29) is 5.91 Å². The lowest BCUT2D eigenvalue weighted by molar-refractivity contribution is 0.0953. The molecule has 2 rings (SSSR count). The molecule has 0 saturated heterocycles. The summed E-state index contributed by atoms with van der Waals surface area (Å²) in [6.07, 6.45) is 0. The number of carbonyl (C=O) groups excluding carboxylic acids is 1. The Morgan fingerprint density at radius 2 is 1.78 bits per heavy atom. The van der Waals surface area contributed by atoms with Crippen molar-refractivity contribution in [1.82, 2.24) is 5.43 Å². The highest BCUT2D eigenvalue weighted by molar-refractivity contribution is 5.94. The Hall–Kier alpha value is -2.53. The van der Waals surface area contributed by atoms with E-state index < -0.39 is 0 Å². The molecular formula is C13H13N3O2. The Labute approximate surface area is 104 Å². The van der Waals surface area contributed by atoms with Gasteiger partial charge in [0.15, 0.2) is 0 Å². The Morgan fingerprint density at radius 1 is 1.06 bits per heavy atom. The zero-order valence-electron chi connectivity index (χ0n) is 9.59. The molecule has 2 aromatic rings. The molecule has 0 saturated carbocycles. The lowest BCUT2D eigenvalue weighted by Gasteiger charge is -2.07.